The van der Waals surface area contributed by atoms with Crippen LogP contribution in [-0.4, -0.2) is 38.4 Å². The number of allylic oxidation sites excluding steroid dienone is 3. The van der Waals surface area contributed by atoms with Crippen LogP contribution in [-0.2, 0) is 14.3 Å². The standard InChI is InChI=1S/C18H31NO4Si/c1-18(2,3)23-17(21)19-15(13-14-9-7-8-10-14)16(20)22-11-12-24(4,5)6/h7-9,15H,10-13H2,1-6H3,(H,19,21)/t15-/m0/s1. The minimum absolute atomic E-state index is 0.396. The molecule has 24 heavy (non-hydrogen) atoms. The highest BCUT2D eigenvalue weighted by atomic mass is 28.3. The number of ether oxygens (including phenoxy) is 2. The lowest BCUT2D eigenvalue weighted by Crippen LogP contribution is -2.44. The Balaban J connectivity index is 2.62. The maximum atomic E-state index is 12.4. The van der Waals surface area contributed by atoms with Gasteiger partial charge in [0.15, 0.2) is 0 Å². The van der Waals surface area contributed by atoms with E-state index in [1.54, 1.807) is 20.8 Å². The third kappa shape index (κ3) is 8.91. The Morgan fingerprint density at radius 2 is 1.96 bits per heavy atom. The number of hydrogen-bond acceptors (Lipinski definition) is 4. The van der Waals surface area contributed by atoms with E-state index in [4.69, 9.17) is 9.47 Å². The average Bonchev–Trinajstić information content (AvgIpc) is 2.86. The summed E-state index contributed by atoms with van der Waals surface area (Å²) in [5.41, 5.74) is 0.489. The van der Waals surface area contributed by atoms with Crippen molar-refractivity contribution in [1.29, 1.82) is 0 Å². The first kappa shape index (κ1) is 20.5. The van der Waals surface area contributed by atoms with Gasteiger partial charge in [0.1, 0.15) is 11.6 Å². The van der Waals surface area contributed by atoms with Gasteiger partial charge in [0.05, 0.1) is 6.61 Å². The van der Waals surface area contributed by atoms with Crippen LogP contribution in [0.25, 0.3) is 0 Å². The van der Waals surface area contributed by atoms with Gasteiger partial charge in [-0.15, -0.1) is 0 Å². The lowest BCUT2D eigenvalue weighted by Gasteiger charge is -2.23. The highest BCUT2D eigenvalue weighted by Crippen LogP contribution is 2.18. The molecule has 1 rings (SSSR count). The van der Waals surface area contributed by atoms with Crippen molar-refractivity contribution >= 4 is 20.1 Å². The van der Waals surface area contributed by atoms with Crippen LogP contribution < -0.4 is 5.32 Å². The Hall–Kier alpha value is -1.56. The topological polar surface area (TPSA) is 64.6 Å². The van der Waals surface area contributed by atoms with Crippen molar-refractivity contribution in [2.75, 3.05) is 6.61 Å². The molecule has 0 fully saturated rings. The number of carbonyl (C=O) groups excluding carboxylic acids is 2. The van der Waals surface area contributed by atoms with E-state index in [-0.39, 0.29) is 0 Å². The van der Waals surface area contributed by atoms with Crippen LogP contribution in [0.15, 0.2) is 23.8 Å². The van der Waals surface area contributed by atoms with Gasteiger partial charge in [-0.3, -0.25) is 0 Å². The third-order valence-corrected chi connectivity index (χ3v) is 5.09. The zero-order valence-electron chi connectivity index (χ0n) is 15.8. The van der Waals surface area contributed by atoms with Gasteiger partial charge < -0.3 is 14.8 Å². The highest BCUT2D eigenvalue weighted by Gasteiger charge is 2.27. The number of amides is 1. The third-order valence-electron chi connectivity index (χ3n) is 3.39. The van der Waals surface area contributed by atoms with Crippen molar-refractivity contribution in [3.8, 4) is 0 Å². The largest absolute Gasteiger partial charge is 0.464 e. The maximum Gasteiger partial charge on any atom is 0.408 e. The molecule has 1 amide bonds. The van der Waals surface area contributed by atoms with Crippen molar-refractivity contribution in [3.05, 3.63) is 23.8 Å². The summed E-state index contributed by atoms with van der Waals surface area (Å²) in [6, 6.07) is 0.190. The predicted octanol–water partition coefficient (Wildman–Crippen LogP) is 4.04. The Morgan fingerprint density at radius 1 is 1.29 bits per heavy atom. The first-order valence-corrected chi connectivity index (χ1v) is 12.2. The monoisotopic (exact) mass is 353 g/mol. The molecule has 0 heterocycles. The molecule has 0 aromatic rings. The molecule has 0 bridgehead atoms. The fourth-order valence-electron chi connectivity index (χ4n) is 2.11. The summed E-state index contributed by atoms with van der Waals surface area (Å²) in [6.45, 7) is 12.5. The molecule has 1 aliphatic carbocycles. The second-order valence-corrected chi connectivity index (χ2v) is 14.0. The van der Waals surface area contributed by atoms with Gasteiger partial charge in [0, 0.05) is 14.5 Å². The van der Waals surface area contributed by atoms with Crippen molar-refractivity contribution in [2.45, 2.75) is 70.9 Å². The minimum atomic E-state index is -1.27. The number of hydrogen-bond donors (Lipinski definition) is 1. The molecule has 0 radical (unpaired) electrons. The molecule has 0 aliphatic heterocycles. The van der Waals surface area contributed by atoms with Crippen molar-refractivity contribution < 1.29 is 19.1 Å². The fourth-order valence-corrected chi connectivity index (χ4v) is 2.82. The zero-order valence-corrected chi connectivity index (χ0v) is 16.8. The number of nitrogens with one attached hydrogen (secondary N) is 1. The molecular weight excluding hydrogens is 322 g/mol. The summed E-state index contributed by atoms with van der Waals surface area (Å²) < 4.78 is 10.7. The molecule has 0 saturated heterocycles. The smallest absolute Gasteiger partial charge is 0.408 e. The molecule has 0 aromatic heterocycles. The zero-order chi connectivity index (χ0) is 18.4. The fraction of sp³-hybridized carbons (Fsp3) is 0.667. The van der Waals surface area contributed by atoms with Crippen molar-refractivity contribution in [1.82, 2.24) is 5.32 Å². The summed E-state index contributed by atoms with van der Waals surface area (Å²) in [5, 5.41) is 2.65. The molecule has 136 valence electrons. The highest BCUT2D eigenvalue weighted by molar-refractivity contribution is 6.76. The maximum absolute atomic E-state index is 12.4. The van der Waals surface area contributed by atoms with Crippen LogP contribution in [0.1, 0.15) is 33.6 Å². The Morgan fingerprint density at radius 3 is 2.46 bits per heavy atom. The van der Waals surface area contributed by atoms with E-state index in [0.717, 1.165) is 18.0 Å². The quantitative estimate of drug-likeness (QED) is 0.554. The molecular formula is C18H31NO4Si. The summed E-state index contributed by atoms with van der Waals surface area (Å²) >= 11 is 0. The Kier molecular flexibility index (Phi) is 7.26. The van der Waals surface area contributed by atoms with E-state index in [1.807, 2.05) is 18.2 Å². The molecule has 1 aliphatic rings. The van der Waals surface area contributed by atoms with Gasteiger partial charge in [0.2, 0.25) is 0 Å². The van der Waals surface area contributed by atoms with E-state index < -0.39 is 31.8 Å². The lowest BCUT2D eigenvalue weighted by atomic mass is 10.1. The average molecular weight is 354 g/mol. The molecule has 5 nitrogen and oxygen atoms in total. The number of rotatable bonds is 7. The SMILES string of the molecule is CC(C)(C)OC(=O)N[C@@H](CC1=CC=CC1)C(=O)OCC[Si](C)(C)C. The minimum Gasteiger partial charge on any atom is -0.464 e. The van der Waals surface area contributed by atoms with Gasteiger partial charge in [-0.2, -0.15) is 0 Å². The van der Waals surface area contributed by atoms with E-state index in [9.17, 15) is 9.59 Å². The second kappa shape index (κ2) is 8.51. The first-order valence-electron chi connectivity index (χ1n) is 8.47. The lowest BCUT2D eigenvalue weighted by molar-refractivity contribution is -0.145. The Bertz CT molecular complexity index is 512. The molecule has 1 atom stereocenters. The van der Waals surface area contributed by atoms with Gasteiger partial charge >= 0.3 is 12.1 Å². The summed E-state index contributed by atoms with van der Waals surface area (Å²) in [4.78, 5) is 24.4. The normalized spacial score (nSPS) is 15.7. The van der Waals surface area contributed by atoms with Gasteiger partial charge in [0.25, 0.3) is 0 Å². The summed E-state index contributed by atoms with van der Waals surface area (Å²) in [7, 11) is -1.27. The summed E-state index contributed by atoms with van der Waals surface area (Å²) in [6.07, 6.45) is 6.60. The van der Waals surface area contributed by atoms with Crippen LogP contribution in [0, 0.1) is 0 Å². The van der Waals surface area contributed by atoms with E-state index >= 15 is 0 Å². The molecule has 1 N–H and O–H groups in total. The van der Waals surface area contributed by atoms with Gasteiger partial charge in [-0.25, -0.2) is 9.59 Å². The predicted molar refractivity (Wildman–Crippen MR) is 98.7 cm³/mol. The van der Waals surface area contributed by atoms with Gasteiger partial charge in [-0.1, -0.05) is 43.4 Å². The molecule has 0 spiro atoms. The second-order valence-electron chi connectivity index (χ2n) is 8.34. The van der Waals surface area contributed by atoms with Crippen LogP contribution >= 0.6 is 0 Å². The van der Waals surface area contributed by atoms with Crippen LogP contribution in [0.5, 0.6) is 0 Å². The Labute approximate surface area is 146 Å². The van der Waals surface area contributed by atoms with E-state index in [0.29, 0.717) is 13.0 Å². The molecule has 0 aromatic carbocycles. The van der Waals surface area contributed by atoms with E-state index in [2.05, 4.69) is 25.0 Å². The van der Waals surface area contributed by atoms with Crippen LogP contribution in [0.2, 0.25) is 25.7 Å². The van der Waals surface area contributed by atoms with Crippen molar-refractivity contribution in [2.24, 2.45) is 0 Å². The van der Waals surface area contributed by atoms with Crippen LogP contribution in [0.4, 0.5) is 4.79 Å². The number of carbonyl (C=O) groups is 2. The van der Waals surface area contributed by atoms with Crippen molar-refractivity contribution in [3.63, 3.8) is 0 Å². The van der Waals surface area contributed by atoms with Gasteiger partial charge in [-0.05, 0) is 33.2 Å². The van der Waals surface area contributed by atoms with Crippen LogP contribution in [0.3, 0.4) is 0 Å². The summed E-state index contributed by atoms with van der Waals surface area (Å²) in [5.74, 6) is -0.396. The number of esters is 1. The molecule has 0 saturated carbocycles. The number of alkyl carbamates (subject to hydrolysis) is 1. The molecule has 0 unspecified atom stereocenters. The first-order chi connectivity index (χ1) is 11.0. The van der Waals surface area contributed by atoms with E-state index in [1.165, 1.54) is 0 Å². The molecule has 6 heteroatoms.